The molecule has 1 heterocycles. The van der Waals surface area contributed by atoms with E-state index in [1.807, 2.05) is 13.8 Å². The lowest BCUT2D eigenvalue weighted by Crippen LogP contribution is -2.34. The van der Waals surface area contributed by atoms with Gasteiger partial charge < -0.3 is 10.4 Å². The van der Waals surface area contributed by atoms with Gasteiger partial charge in [-0.15, -0.1) is 11.3 Å². The third-order valence-electron chi connectivity index (χ3n) is 3.62. The Morgan fingerprint density at radius 2 is 2.12 bits per heavy atom. The Bertz CT molecular complexity index is 745. The number of carbonyl (C=O) groups is 2. The van der Waals surface area contributed by atoms with E-state index in [0.29, 0.717) is 22.7 Å². The van der Waals surface area contributed by atoms with Crippen LogP contribution in [-0.2, 0) is 16.0 Å². The molecule has 1 aromatic heterocycles. The first-order valence-corrected chi connectivity index (χ1v) is 8.93. The van der Waals surface area contributed by atoms with E-state index < -0.39 is 11.9 Å². The molecular formula is C18H21FN2O3S. The number of aliphatic carboxylic acids is 1. The number of hydrogen-bond acceptors (Lipinski definition) is 4. The molecule has 0 spiro atoms. The summed E-state index contributed by atoms with van der Waals surface area (Å²) >= 11 is 1.34. The van der Waals surface area contributed by atoms with Gasteiger partial charge in [-0.05, 0) is 24.5 Å². The molecule has 0 saturated heterocycles. The maximum absolute atomic E-state index is 13.3. The molecule has 1 aromatic carbocycles. The number of nitrogens with zero attached hydrogens (tertiary/aromatic N) is 1. The van der Waals surface area contributed by atoms with Gasteiger partial charge in [0.15, 0.2) is 0 Å². The average molecular weight is 364 g/mol. The Balaban J connectivity index is 1.92. The Morgan fingerprint density at radius 3 is 2.76 bits per heavy atom. The van der Waals surface area contributed by atoms with Crippen LogP contribution in [0.25, 0.3) is 10.6 Å². The molecule has 1 amide bonds. The van der Waals surface area contributed by atoms with E-state index >= 15 is 0 Å². The van der Waals surface area contributed by atoms with Crippen LogP contribution >= 0.6 is 11.3 Å². The fourth-order valence-electron chi connectivity index (χ4n) is 2.45. The second-order valence-electron chi connectivity index (χ2n) is 6.30. The maximum atomic E-state index is 13.3. The van der Waals surface area contributed by atoms with E-state index in [2.05, 4.69) is 10.3 Å². The van der Waals surface area contributed by atoms with Crippen molar-refractivity contribution in [2.75, 3.05) is 6.54 Å². The number of carboxylic acids is 1. The fourth-order valence-corrected chi connectivity index (χ4v) is 3.26. The van der Waals surface area contributed by atoms with Gasteiger partial charge in [0.2, 0.25) is 5.91 Å². The SMILES string of the molecule is CC(C)CC(CNC(=O)Cc1csc(-c2cccc(F)c2)n1)C(=O)O. The van der Waals surface area contributed by atoms with Crippen LogP contribution in [0.1, 0.15) is 26.0 Å². The Kier molecular flexibility index (Phi) is 6.64. The number of nitrogens with one attached hydrogen (secondary N) is 1. The third kappa shape index (κ3) is 5.94. The molecule has 2 N–H and O–H groups in total. The number of halogens is 1. The first-order valence-electron chi connectivity index (χ1n) is 8.05. The monoisotopic (exact) mass is 364 g/mol. The number of benzene rings is 1. The Labute approximate surface area is 149 Å². The standard InChI is InChI=1S/C18H21FN2O3S/c1-11(2)6-13(18(23)24)9-20-16(22)8-15-10-25-17(21-15)12-4-3-5-14(19)7-12/h3-5,7,10-11,13H,6,8-9H2,1-2H3,(H,20,22)(H,23,24). The maximum Gasteiger partial charge on any atom is 0.308 e. The van der Waals surface area contributed by atoms with E-state index in [-0.39, 0.29) is 30.6 Å². The highest BCUT2D eigenvalue weighted by molar-refractivity contribution is 7.13. The number of hydrogen-bond donors (Lipinski definition) is 2. The van der Waals surface area contributed by atoms with Crippen molar-refractivity contribution in [2.24, 2.45) is 11.8 Å². The van der Waals surface area contributed by atoms with Gasteiger partial charge in [0.25, 0.3) is 0 Å². The molecule has 1 unspecified atom stereocenters. The van der Waals surface area contributed by atoms with E-state index in [0.717, 1.165) is 0 Å². The first-order chi connectivity index (χ1) is 11.8. The summed E-state index contributed by atoms with van der Waals surface area (Å²) in [6.45, 7) is 4.00. The summed E-state index contributed by atoms with van der Waals surface area (Å²) < 4.78 is 13.3. The molecule has 2 rings (SSSR count). The van der Waals surface area contributed by atoms with Gasteiger partial charge in [-0.3, -0.25) is 9.59 Å². The first kappa shape index (κ1) is 19.1. The number of carbonyl (C=O) groups excluding carboxylic acids is 1. The van der Waals surface area contributed by atoms with Gasteiger partial charge in [0.1, 0.15) is 10.8 Å². The lowest BCUT2D eigenvalue weighted by molar-refractivity contribution is -0.142. The van der Waals surface area contributed by atoms with Gasteiger partial charge in [0.05, 0.1) is 18.0 Å². The number of thiazole rings is 1. The highest BCUT2D eigenvalue weighted by Gasteiger charge is 2.20. The van der Waals surface area contributed by atoms with Gasteiger partial charge in [-0.25, -0.2) is 9.37 Å². The summed E-state index contributed by atoms with van der Waals surface area (Å²) in [6, 6.07) is 6.13. The van der Waals surface area contributed by atoms with Crippen molar-refractivity contribution in [2.45, 2.75) is 26.7 Å². The van der Waals surface area contributed by atoms with Gasteiger partial charge in [-0.2, -0.15) is 0 Å². The van der Waals surface area contributed by atoms with E-state index in [1.165, 1.54) is 23.5 Å². The molecule has 0 aliphatic rings. The normalized spacial score (nSPS) is 12.2. The van der Waals surface area contributed by atoms with Crippen LogP contribution in [-0.4, -0.2) is 28.5 Å². The number of amides is 1. The van der Waals surface area contributed by atoms with Crippen molar-refractivity contribution in [3.05, 3.63) is 41.2 Å². The number of rotatable bonds is 8. The molecule has 2 aromatic rings. The summed E-state index contributed by atoms with van der Waals surface area (Å²) in [5.41, 5.74) is 1.25. The third-order valence-corrected chi connectivity index (χ3v) is 4.56. The minimum absolute atomic E-state index is 0.0693. The molecule has 7 heteroatoms. The number of aromatic nitrogens is 1. The zero-order valence-corrected chi connectivity index (χ0v) is 15.0. The second-order valence-corrected chi connectivity index (χ2v) is 7.16. The quantitative estimate of drug-likeness (QED) is 0.753. The molecule has 0 fully saturated rings. The largest absolute Gasteiger partial charge is 0.481 e. The van der Waals surface area contributed by atoms with Crippen molar-refractivity contribution < 1.29 is 19.1 Å². The zero-order chi connectivity index (χ0) is 18.4. The Morgan fingerprint density at radius 1 is 1.36 bits per heavy atom. The lowest BCUT2D eigenvalue weighted by atomic mass is 9.97. The van der Waals surface area contributed by atoms with Crippen LogP contribution in [0.15, 0.2) is 29.6 Å². The topological polar surface area (TPSA) is 79.3 Å². The van der Waals surface area contributed by atoms with Crippen LogP contribution in [0, 0.1) is 17.7 Å². The molecule has 134 valence electrons. The van der Waals surface area contributed by atoms with Crippen LogP contribution < -0.4 is 5.32 Å². The smallest absolute Gasteiger partial charge is 0.308 e. The molecule has 0 aliphatic heterocycles. The zero-order valence-electron chi connectivity index (χ0n) is 14.2. The molecule has 1 atom stereocenters. The highest BCUT2D eigenvalue weighted by atomic mass is 32.1. The molecule has 0 bridgehead atoms. The summed E-state index contributed by atoms with van der Waals surface area (Å²) in [7, 11) is 0. The van der Waals surface area contributed by atoms with Gasteiger partial charge in [0, 0.05) is 17.5 Å². The van der Waals surface area contributed by atoms with E-state index in [1.54, 1.807) is 17.5 Å². The molecule has 25 heavy (non-hydrogen) atoms. The summed E-state index contributed by atoms with van der Waals surface area (Å²) in [4.78, 5) is 27.6. The Hall–Kier alpha value is -2.28. The van der Waals surface area contributed by atoms with Crippen LogP contribution in [0.5, 0.6) is 0 Å². The summed E-state index contributed by atoms with van der Waals surface area (Å²) in [5, 5.41) is 14.2. The van der Waals surface area contributed by atoms with Crippen LogP contribution in [0.3, 0.4) is 0 Å². The fraction of sp³-hybridized carbons (Fsp3) is 0.389. The van der Waals surface area contributed by atoms with Crippen molar-refractivity contribution in [3.8, 4) is 10.6 Å². The van der Waals surface area contributed by atoms with E-state index in [4.69, 9.17) is 0 Å². The minimum Gasteiger partial charge on any atom is -0.481 e. The molecule has 0 saturated carbocycles. The van der Waals surface area contributed by atoms with Crippen LogP contribution in [0.4, 0.5) is 4.39 Å². The molecule has 0 radical (unpaired) electrons. The lowest BCUT2D eigenvalue weighted by Gasteiger charge is -2.15. The van der Waals surface area contributed by atoms with Crippen LogP contribution in [0.2, 0.25) is 0 Å². The second kappa shape index (κ2) is 8.71. The van der Waals surface area contributed by atoms with Crippen molar-refractivity contribution in [3.63, 3.8) is 0 Å². The van der Waals surface area contributed by atoms with Gasteiger partial charge >= 0.3 is 5.97 Å². The number of carboxylic acid groups (broad SMARTS) is 1. The molecule has 5 nitrogen and oxygen atoms in total. The molecule has 0 aliphatic carbocycles. The summed E-state index contributed by atoms with van der Waals surface area (Å²) in [6.07, 6.45) is 0.579. The van der Waals surface area contributed by atoms with E-state index in [9.17, 15) is 19.1 Å². The summed E-state index contributed by atoms with van der Waals surface area (Å²) in [5.74, 6) is -1.87. The molecular weight excluding hydrogens is 343 g/mol. The highest BCUT2D eigenvalue weighted by Crippen LogP contribution is 2.24. The van der Waals surface area contributed by atoms with Crippen molar-refractivity contribution in [1.29, 1.82) is 0 Å². The minimum atomic E-state index is -0.906. The van der Waals surface area contributed by atoms with Gasteiger partial charge in [-0.1, -0.05) is 26.0 Å². The predicted molar refractivity (Wildman–Crippen MR) is 94.8 cm³/mol. The van der Waals surface area contributed by atoms with Crippen molar-refractivity contribution >= 4 is 23.2 Å². The predicted octanol–water partition coefficient (Wildman–Crippen LogP) is 3.35. The van der Waals surface area contributed by atoms with Crippen molar-refractivity contribution in [1.82, 2.24) is 10.3 Å². The average Bonchev–Trinajstić information content (AvgIpc) is 2.99.